The van der Waals surface area contributed by atoms with Gasteiger partial charge in [0.2, 0.25) is 0 Å². The highest BCUT2D eigenvalue weighted by atomic mass is 16.5. The van der Waals surface area contributed by atoms with E-state index in [2.05, 4.69) is 19.2 Å². The van der Waals surface area contributed by atoms with Crippen molar-refractivity contribution in [1.82, 2.24) is 5.32 Å². The highest BCUT2D eigenvalue weighted by Gasteiger charge is 2.14. The van der Waals surface area contributed by atoms with E-state index in [4.69, 9.17) is 9.47 Å². The van der Waals surface area contributed by atoms with Crippen LogP contribution in [0.1, 0.15) is 46.0 Å². The summed E-state index contributed by atoms with van der Waals surface area (Å²) in [5.41, 5.74) is 0. The number of unbranched alkanes of at least 4 members (excludes halogenated alkanes) is 3. The standard InChI is InChI=1S/C14H29NO2/c1-13(2)15-8-5-3-4-6-9-16-11-14-7-10-17-12-14/h13-15H,3-12H2,1-2H3. The van der Waals surface area contributed by atoms with Crippen LogP contribution in [0.15, 0.2) is 0 Å². The minimum atomic E-state index is 0.618. The molecular weight excluding hydrogens is 214 g/mol. The fourth-order valence-corrected chi connectivity index (χ4v) is 2.04. The summed E-state index contributed by atoms with van der Waals surface area (Å²) in [6, 6.07) is 0.618. The zero-order chi connectivity index (χ0) is 12.3. The summed E-state index contributed by atoms with van der Waals surface area (Å²) in [5, 5.41) is 3.44. The minimum absolute atomic E-state index is 0.618. The fraction of sp³-hybridized carbons (Fsp3) is 1.00. The molecule has 0 saturated carbocycles. The molecule has 0 aromatic heterocycles. The van der Waals surface area contributed by atoms with Crippen molar-refractivity contribution >= 4 is 0 Å². The molecule has 3 nitrogen and oxygen atoms in total. The smallest absolute Gasteiger partial charge is 0.0517 e. The Morgan fingerprint density at radius 3 is 2.76 bits per heavy atom. The van der Waals surface area contributed by atoms with Crippen LogP contribution in [-0.2, 0) is 9.47 Å². The van der Waals surface area contributed by atoms with E-state index in [0.717, 1.165) is 33.0 Å². The molecule has 1 atom stereocenters. The van der Waals surface area contributed by atoms with Crippen molar-refractivity contribution in [3.05, 3.63) is 0 Å². The van der Waals surface area contributed by atoms with Crippen LogP contribution in [-0.4, -0.2) is 39.0 Å². The van der Waals surface area contributed by atoms with Gasteiger partial charge < -0.3 is 14.8 Å². The van der Waals surface area contributed by atoms with Crippen LogP contribution in [0.2, 0.25) is 0 Å². The Labute approximate surface area is 106 Å². The molecule has 0 radical (unpaired) electrons. The van der Waals surface area contributed by atoms with E-state index in [1.807, 2.05) is 0 Å². The number of hydrogen-bond acceptors (Lipinski definition) is 3. The molecule has 0 aromatic rings. The van der Waals surface area contributed by atoms with Gasteiger partial charge in [0.15, 0.2) is 0 Å². The van der Waals surface area contributed by atoms with Crippen molar-refractivity contribution in [2.75, 3.05) is 33.0 Å². The van der Waals surface area contributed by atoms with Crippen LogP contribution in [0, 0.1) is 5.92 Å². The SMILES string of the molecule is CC(C)NCCCCCCOCC1CCOC1. The second kappa shape index (κ2) is 9.86. The first-order chi connectivity index (χ1) is 8.29. The van der Waals surface area contributed by atoms with Gasteiger partial charge in [-0.25, -0.2) is 0 Å². The first-order valence-electron chi connectivity index (χ1n) is 7.18. The topological polar surface area (TPSA) is 30.5 Å². The molecule has 1 aliphatic heterocycles. The molecule has 1 fully saturated rings. The van der Waals surface area contributed by atoms with Crippen LogP contribution in [0.3, 0.4) is 0 Å². The first kappa shape index (κ1) is 14.9. The molecule has 1 unspecified atom stereocenters. The molecule has 1 rings (SSSR count). The molecule has 1 saturated heterocycles. The Bertz CT molecular complexity index is 168. The molecular formula is C14H29NO2. The number of ether oxygens (including phenoxy) is 2. The fourth-order valence-electron chi connectivity index (χ4n) is 2.04. The molecule has 1 N–H and O–H groups in total. The first-order valence-corrected chi connectivity index (χ1v) is 7.18. The Hall–Kier alpha value is -0.120. The summed E-state index contributed by atoms with van der Waals surface area (Å²) >= 11 is 0. The number of rotatable bonds is 10. The lowest BCUT2D eigenvalue weighted by atomic mass is 10.1. The van der Waals surface area contributed by atoms with Crippen molar-refractivity contribution in [3.8, 4) is 0 Å². The summed E-state index contributed by atoms with van der Waals surface area (Å²) in [6.07, 6.45) is 6.28. The highest BCUT2D eigenvalue weighted by molar-refractivity contribution is 4.62. The van der Waals surface area contributed by atoms with E-state index in [1.54, 1.807) is 0 Å². The van der Waals surface area contributed by atoms with Crippen LogP contribution >= 0.6 is 0 Å². The third kappa shape index (κ3) is 8.58. The van der Waals surface area contributed by atoms with Crippen LogP contribution in [0.4, 0.5) is 0 Å². The van der Waals surface area contributed by atoms with Gasteiger partial charge in [0, 0.05) is 25.2 Å². The maximum absolute atomic E-state index is 5.67. The predicted molar refractivity (Wildman–Crippen MR) is 71.4 cm³/mol. The summed E-state index contributed by atoms with van der Waals surface area (Å²) in [7, 11) is 0. The van der Waals surface area contributed by atoms with E-state index in [-0.39, 0.29) is 0 Å². The quantitative estimate of drug-likeness (QED) is 0.598. The van der Waals surface area contributed by atoms with Gasteiger partial charge in [-0.05, 0) is 25.8 Å². The lowest BCUT2D eigenvalue weighted by molar-refractivity contribution is 0.0871. The maximum atomic E-state index is 5.67. The second-order valence-corrected chi connectivity index (χ2v) is 5.33. The molecule has 17 heavy (non-hydrogen) atoms. The van der Waals surface area contributed by atoms with Gasteiger partial charge in [-0.1, -0.05) is 26.7 Å². The maximum Gasteiger partial charge on any atom is 0.0517 e. The molecule has 0 amide bonds. The zero-order valence-corrected chi connectivity index (χ0v) is 11.5. The lowest BCUT2D eigenvalue weighted by Crippen LogP contribution is -2.23. The third-order valence-electron chi connectivity index (χ3n) is 3.15. The normalized spacial score (nSPS) is 20.3. The van der Waals surface area contributed by atoms with Gasteiger partial charge in [0.1, 0.15) is 0 Å². The van der Waals surface area contributed by atoms with Crippen molar-refractivity contribution in [3.63, 3.8) is 0 Å². The Morgan fingerprint density at radius 2 is 2.06 bits per heavy atom. The van der Waals surface area contributed by atoms with E-state index in [1.165, 1.54) is 32.1 Å². The van der Waals surface area contributed by atoms with Gasteiger partial charge >= 0.3 is 0 Å². The van der Waals surface area contributed by atoms with Crippen molar-refractivity contribution in [1.29, 1.82) is 0 Å². The number of hydrogen-bond donors (Lipinski definition) is 1. The number of nitrogens with one attached hydrogen (secondary N) is 1. The molecule has 3 heteroatoms. The second-order valence-electron chi connectivity index (χ2n) is 5.33. The zero-order valence-electron chi connectivity index (χ0n) is 11.5. The van der Waals surface area contributed by atoms with E-state index in [9.17, 15) is 0 Å². The highest BCUT2D eigenvalue weighted by Crippen LogP contribution is 2.12. The Morgan fingerprint density at radius 1 is 1.24 bits per heavy atom. The molecule has 0 aromatic carbocycles. The van der Waals surface area contributed by atoms with Crippen LogP contribution in [0.25, 0.3) is 0 Å². The summed E-state index contributed by atoms with van der Waals surface area (Å²) < 4.78 is 11.0. The summed E-state index contributed by atoms with van der Waals surface area (Å²) in [4.78, 5) is 0. The van der Waals surface area contributed by atoms with Gasteiger partial charge in [0.05, 0.1) is 13.2 Å². The monoisotopic (exact) mass is 243 g/mol. The van der Waals surface area contributed by atoms with Gasteiger partial charge in [-0.3, -0.25) is 0 Å². The van der Waals surface area contributed by atoms with Gasteiger partial charge in [-0.15, -0.1) is 0 Å². The predicted octanol–water partition coefficient (Wildman–Crippen LogP) is 2.60. The average Bonchev–Trinajstić information content (AvgIpc) is 2.79. The Balaban J connectivity index is 1.72. The van der Waals surface area contributed by atoms with E-state index in [0.29, 0.717) is 12.0 Å². The molecule has 0 aliphatic carbocycles. The van der Waals surface area contributed by atoms with Crippen molar-refractivity contribution < 1.29 is 9.47 Å². The van der Waals surface area contributed by atoms with E-state index < -0.39 is 0 Å². The third-order valence-corrected chi connectivity index (χ3v) is 3.15. The average molecular weight is 243 g/mol. The Kier molecular flexibility index (Phi) is 8.67. The van der Waals surface area contributed by atoms with E-state index >= 15 is 0 Å². The van der Waals surface area contributed by atoms with Crippen LogP contribution in [0.5, 0.6) is 0 Å². The van der Waals surface area contributed by atoms with Gasteiger partial charge in [0.25, 0.3) is 0 Å². The molecule has 0 bridgehead atoms. The summed E-state index contributed by atoms with van der Waals surface area (Å²) in [5.74, 6) is 0.658. The molecule has 0 spiro atoms. The van der Waals surface area contributed by atoms with Crippen LogP contribution < -0.4 is 5.32 Å². The van der Waals surface area contributed by atoms with Crippen molar-refractivity contribution in [2.24, 2.45) is 5.92 Å². The largest absolute Gasteiger partial charge is 0.381 e. The molecule has 1 aliphatic rings. The molecule has 1 heterocycles. The molecule has 102 valence electrons. The van der Waals surface area contributed by atoms with Gasteiger partial charge in [-0.2, -0.15) is 0 Å². The van der Waals surface area contributed by atoms with Crippen molar-refractivity contribution in [2.45, 2.75) is 52.0 Å². The minimum Gasteiger partial charge on any atom is -0.381 e. The lowest BCUT2D eigenvalue weighted by Gasteiger charge is -2.09. The summed E-state index contributed by atoms with van der Waals surface area (Å²) in [6.45, 7) is 9.19.